The van der Waals surface area contributed by atoms with Gasteiger partial charge in [-0.3, -0.25) is 0 Å². The van der Waals surface area contributed by atoms with Crippen LogP contribution in [0.4, 0.5) is 4.79 Å². The lowest BCUT2D eigenvalue weighted by Crippen LogP contribution is -2.23. The van der Waals surface area contributed by atoms with Crippen LogP contribution in [-0.2, 0) is 4.74 Å². The van der Waals surface area contributed by atoms with Gasteiger partial charge in [-0.15, -0.1) is 0 Å². The number of cyclic esters (lactones) is 1. The van der Waals surface area contributed by atoms with E-state index in [1.807, 2.05) is 18.2 Å². The molecule has 0 aliphatic carbocycles. The van der Waals surface area contributed by atoms with Gasteiger partial charge >= 0.3 is 6.09 Å². The standard InChI is InChI=1S/C15H22N2O4/c1-4-16-10(2)13-6-5-11(19-3)7-14(13)20-9-12-8-17-15(18)21-12/h5-7,10,12,16H,4,8-9H2,1-3H3,(H,17,18). The molecular formula is C15H22N2O4. The van der Waals surface area contributed by atoms with Crippen LogP contribution in [0.25, 0.3) is 0 Å². The smallest absolute Gasteiger partial charge is 0.407 e. The topological polar surface area (TPSA) is 68.8 Å². The maximum absolute atomic E-state index is 11.0. The predicted molar refractivity (Wildman–Crippen MR) is 78.9 cm³/mol. The van der Waals surface area contributed by atoms with E-state index in [1.54, 1.807) is 7.11 Å². The molecule has 6 heteroatoms. The molecule has 1 heterocycles. The summed E-state index contributed by atoms with van der Waals surface area (Å²) in [6, 6.07) is 5.92. The zero-order valence-corrected chi connectivity index (χ0v) is 12.6. The summed E-state index contributed by atoms with van der Waals surface area (Å²) in [7, 11) is 1.62. The molecule has 2 N–H and O–H groups in total. The van der Waals surface area contributed by atoms with Gasteiger partial charge in [0.25, 0.3) is 0 Å². The lowest BCUT2D eigenvalue weighted by molar-refractivity contribution is 0.104. The number of alkyl carbamates (subject to hydrolysis) is 1. The van der Waals surface area contributed by atoms with E-state index < -0.39 is 6.09 Å². The highest BCUT2D eigenvalue weighted by atomic mass is 16.6. The normalized spacial score (nSPS) is 18.8. The van der Waals surface area contributed by atoms with Crippen molar-refractivity contribution in [1.82, 2.24) is 10.6 Å². The van der Waals surface area contributed by atoms with Crippen LogP contribution in [0.3, 0.4) is 0 Å². The first-order valence-electron chi connectivity index (χ1n) is 7.12. The highest BCUT2D eigenvalue weighted by molar-refractivity contribution is 5.69. The number of hydrogen-bond acceptors (Lipinski definition) is 5. The second-order valence-electron chi connectivity index (χ2n) is 4.90. The summed E-state index contributed by atoms with van der Waals surface area (Å²) in [5.74, 6) is 1.48. The second kappa shape index (κ2) is 7.17. The van der Waals surface area contributed by atoms with Crippen molar-refractivity contribution in [2.45, 2.75) is 26.0 Å². The highest BCUT2D eigenvalue weighted by Gasteiger charge is 2.23. The minimum Gasteiger partial charge on any atom is -0.497 e. The first-order valence-corrected chi connectivity index (χ1v) is 7.12. The van der Waals surface area contributed by atoms with E-state index in [9.17, 15) is 4.79 Å². The summed E-state index contributed by atoms with van der Waals surface area (Å²) >= 11 is 0. The Morgan fingerprint density at radius 3 is 2.95 bits per heavy atom. The fourth-order valence-electron chi connectivity index (χ4n) is 2.25. The van der Waals surface area contributed by atoms with E-state index in [2.05, 4.69) is 24.5 Å². The van der Waals surface area contributed by atoms with Crippen LogP contribution in [0.5, 0.6) is 11.5 Å². The van der Waals surface area contributed by atoms with Gasteiger partial charge in [0.05, 0.1) is 13.7 Å². The summed E-state index contributed by atoms with van der Waals surface area (Å²) in [5, 5.41) is 5.96. The third-order valence-corrected chi connectivity index (χ3v) is 3.37. The molecule has 0 bridgehead atoms. The number of carbonyl (C=O) groups is 1. The lowest BCUT2D eigenvalue weighted by atomic mass is 10.1. The van der Waals surface area contributed by atoms with Crippen LogP contribution in [0.15, 0.2) is 18.2 Å². The maximum atomic E-state index is 11.0. The molecular weight excluding hydrogens is 272 g/mol. The fourth-order valence-corrected chi connectivity index (χ4v) is 2.25. The zero-order chi connectivity index (χ0) is 15.2. The number of carbonyl (C=O) groups excluding carboxylic acids is 1. The molecule has 1 aromatic rings. The monoisotopic (exact) mass is 294 g/mol. The minimum absolute atomic E-state index is 0.167. The number of ether oxygens (including phenoxy) is 3. The van der Waals surface area contributed by atoms with Gasteiger partial charge in [-0.05, 0) is 19.5 Å². The van der Waals surface area contributed by atoms with E-state index >= 15 is 0 Å². The van der Waals surface area contributed by atoms with E-state index in [1.165, 1.54) is 0 Å². The molecule has 1 amide bonds. The van der Waals surface area contributed by atoms with E-state index in [4.69, 9.17) is 14.2 Å². The minimum atomic E-state index is -0.393. The Kier molecular flexibility index (Phi) is 5.27. The first-order chi connectivity index (χ1) is 10.1. The Bertz CT molecular complexity index is 493. The van der Waals surface area contributed by atoms with Gasteiger partial charge in [0.2, 0.25) is 0 Å². The molecule has 6 nitrogen and oxygen atoms in total. The number of benzene rings is 1. The van der Waals surface area contributed by atoms with Crippen LogP contribution in [0.1, 0.15) is 25.5 Å². The van der Waals surface area contributed by atoms with Crippen LogP contribution in [0, 0.1) is 0 Å². The predicted octanol–water partition coefficient (Wildman–Crippen LogP) is 1.85. The van der Waals surface area contributed by atoms with Crippen LogP contribution < -0.4 is 20.1 Å². The number of amides is 1. The van der Waals surface area contributed by atoms with Crippen molar-refractivity contribution >= 4 is 6.09 Å². The third kappa shape index (κ3) is 4.01. The SMILES string of the molecule is CCNC(C)c1ccc(OC)cc1OCC1CNC(=O)O1. The molecule has 1 fully saturated rings. The first kappa shape index (κ1) is 15.4. The van der Waals surface area contributed by atoms with Gasteiger partial charge in [0.15, 0.2) is 6.10 Å². The quantitative estimate of drug-likeness (QED) is 0.803. The van der Waals surface area contributed by atoms with Gasteiger partial charge in [-0.25, -0.2) is 4.79 Å². The van der Waals surface area contributed by atoms with Crippen molar-refractivity contribution in [2.24, 2.45) is 0 Å². The van der Waals surface area contributed by atoms with Crippen molar-refractivity contribution in [1.29, 1.82) is 0 Å². The Hall–Kier alpha value is -1.95. The van der Waals surface area contributed by atoms with Crippen LogP contribution >= 0.6 is 0 Å². The van der Waals surface area contributed by atoms with Gasteiger partial charge < -0.3 is 24.8 Å². The summed E-state index contributed by atoms with van der Waals surface area (Å²) in [5.41, 5.74) is 1.05. The molecule has 21 heavy (non-hydrogen) atoms. The van der Waals surface area contributed by atoms with E-state index in [-0.39, 0.29) is 12.1 Å². The molecule has 1 aliphatic rings. The number of hydrogen-bond donors (Lipinski definition) is 2. The molecule has 1 saturated heterocycles. The Labute approximate surface area is 124 Å². The molecule has 116 valence electrons. The van der Waals surface area contributed by atoms with Gasteiger partial charge in [0.1, 0.15) is 18.1 Å². The number of methoxy groups -OCH3 is 1. The molecule has 1 aliphatic heterocycles. The molecule has 2 rings (SSSR count). The Balaban J connectivity index is 2.08. The maximum Gasteiger partial charge on any atom is 0.407 e. The van der Waals surface area contributed by atoms with Gasteiger partial charge in [-0.2, -0.15) is 0 Å². The summed E-state index contributed by atoms with van der Waals surface area (Å²) < 4.78 is 16.1. The van der Waals surface area contributed by atoms with Crippen molar-refractivity contribution < 1.29 is 19.0 Å². The summed E-state index contributed by atoms with van der Waals surface area (Å²) in [6.07, 6.45) is -0.651. The highest BCUT2D eigenvalue weighted by Crippen LogP contribution is 2.29. The second-order valence-corrected chi connectivity index (χ2v) is 4.90. The van der Waals surface area contributed by atoms with Gasteiger partial charge in [0, 0.05) is 17.7 Å². The molecule has 0 spiro atoms. The number of rotatable bonds is 7. The van der Waals surface area contributed by atoms with Crippen LogP contribution in [0.2, 0.25) is 0 Å². The largest absolute Gasteiger partial charge is 0.497 e. The summed E-state index contributed by atoms with van der Waals surface area (Å²) in [6.45, 7) is 5.80. The molecule has 2 atom stereocenters. The van der Waals surface area contributed by atoms with E-state index in [0.29, 0.717) is 13.2 Å². The summed E-state index contributed by atoms with van der Waals surface area (Å²) in [4.78, 5) is 11.0. The zero-order valence-electron chi connectivity index (χ0n) is 12.6. The van der Waals surface area contributed by atoms with Crippen molar-refractivity contribution in [3.05, 3.63) is 23.8 Å². The van der Waals surface area contributed by atoms with Crippen molar-refractivity contribution in [3.8, 4) is 11.5 Å². The Morgan fingerprint density at radius 1 is 1.52 bits per heavy atom. The third-order valence-electron chi connectivity index (χ3n) is 3.37. The molecule has 0 radical (unpaired) electrons. The van der Waals surface area contributed by atoms with Crippen molar-refractivity contribution in [2.75, 3.05) is 26.8 Å². The van der Waals surface area contributed by atoms with E-state index in [0.717, 1.165) is 23.6 Å². The lowest BCUT2D eigenvalue weighted by Gasteiger charge is -2.19. The number of nitrogens with one attached hydrogen (secondary N) is 2. The van der Waals surface area contributed by atoms with Gasteiger partial charge in [-0.1, -0.05) is 13.0 Å². The fraction of sp³-hybridized carbons (Fsp3) is 0.533. The molecule has 2 unspecified atom stereocenters. The van der Waals surface area contributed by atoms with Crippen molar-refractivity contribution in [3.63, 3.8) is 0 Å². The average Bonchev–Trinajstić information content (AvgIpc) is 2.90. The molecule has 0 saturated carbocycles. The molecule has 0 aromatic heterocycles. The molecule has 1 aromatic carbocycles. The average molecular weight is 294 g/mol. The Morgan fingerprint density at radius 2 is 2.33 bits per heavy atom. The van der Waals surface area contributed by atoms with Crippen LogP contribution in [-0.4, -0.2) is 39.0 Å².